The topological polar surface area (TPSA) is 98.5 Å². The van der Waals surface area contributed by atoms with Crippen molar-refractivity contribution >= 4 is 37.5 Å². The molecule has 0 saturated carbocycles. The van der Waals surface area contributed by atoms with Crippen LogP contribution in [0.15, 0.2) is 45.8 Å². The fraction of sp³-hybridized carbons (Fsp3) is 0.188. The lowest BCUT2D eigenvalue weighted by molar-refractivity contribution is -0.137. The van der Waals surface area contributed by atoms with Crippen molar-refractivity contribution in [2.75, 3.05) is 11.9 Å². The molecule has 2 aromatic rings. The molecule has 0 saturated heterocycles. The molecule has 0 aromatic heterocycles. The van der Waals surface area contributed by atoms with Gasteiger partial charge in [0.05, 0.1) is 28.3 Å². The van der Waals surface area contributed by atoms with E-state index in [4.69, 9.17) is 9.88 Å². The second kappa shape index (κ2) is 7.87. The second-order valence-electron chi connectivity index (χ2n) is 5.28. The average molecular weight is 467 g/mol. The monoisotopic (exact) mass is 466 g/mol. The van der Waals surface area contributed by atoms with Crippen molar-refractivity contribution in [2.24, 2.45) is 5.14 Å². The molecule has 0 aliphatic rings. The lowest BCUT2D eigenvalue weighted by Gasteiger charge is -2.15. The first kappa shape index (κ1) is 21.2. The van der Waals surface area contributed by atoms with Crippen LogP contribution in [-0.2, 0) is 16.2 Å². The summed E-state index contributed by atoms with van der Waals surface area (Å²) in [6, 6.07) is 6.16. The summed E-state index contributed by atoms with van der Waals surface area (Å²) >= 11 is 3.10. The fourth-order valence-corrected chi connectivity index (χ4v) is 3.10. The van der Waals surface area contributed by atoms with Crippen LogP contribution in [0.2, 0.25) is 0 Å². The van der Waals surface area contributed by atoms with E-state index < -0.39 is 27.7 Å². The molecule has 0 atom stereocenters. The molecule has 0 aliphatic heterocycles. The summed E-state index contributed by atoms with van der Waals surface area (Å²) in [6.45, 7) is 1.80. The zero-order valence-electron chi connectivity index (χ0n) is 13.8. The van der Waals surface area contributed by atoms with E-state index in [1.807, 2.05) is 0 Å². The average Bonchev–Trinajstić information content (AvgIpc) is 2.54. The van der Waals surface area contributed by atoms with Crippen molar-refractivity contribution in [1.82, 2.24) is 0 Å². The molecule has 0 heterocycles. The Morgan fingerprint density at radius 3 is 2.44 bits per heavy atom. The third-order valence-electron chi connectivity index (χ3n) is 3.37. The minimum absolute atomic E-state index is 0.0394. The number of amides is 1. The Hall–Kier alpha value is -2.11. The zero-order chi connectivity index (χ0) is 20.4. The Labute approximate surface area is 161 Å². The third-order valence-corrected chi connectivity index (χ3v) is 4.97. The number of nitrogens with two attached hydrogens (primary N) is 1. The van der Waals surface area contributed by atoms with Crippen LogP contribution in [0, 0.1) is 0 Å². The van der Waals surface area contributed by atoms with E-state index in [0.29, 0.717) is 0 Å². The number of nitrogens with one attached hydrogen (secondary N) is 1. The molecule has 0 spiro atoms. The van der Waals surface area contributed by atoms with E-state index >= 15 is 0 Å². The lowest BCUT2D eigenvalue weighted by Crippen LogP contribution is -2.17. The quantitative estimate of drug-likeness (QED) is 0.700. The number of alkyl halides is 3. The Bertz CT molecular complexity index is 978. The molecule has 6 nitrogen and oxygen atoms in total. The molecule has 0 unspecified atom stereocenters. The number of sulfonamides is 1. The van der Waals surface area contributed by atoms with Crippen molar-refractivity contribution in [3.8, 4) is 5.75 Å². The van der Waals surface area contributed by atoms with Gasteiger partial charge in [0.1, 0.15) is 5.75 Å². The van der Waals surface area contributed by atoms with Crippen LogP contribution in [-0.4, -0.2) is 20.9 Å². The number of benzene rings is 2. The number of rotatable bonds is 5. The Morgan fingerprint density at radius 1 is 1.22 bits per heavy atom. The first-order chi connectivity index (χ1) is 12.4. The SMILES string of the molecule is CCOc1ccc(C(F)(F)F)cc1NC(=O)c1cc(S(N)(=O)=O)ccc1Br. The van der Waals surface area contributed by atoms with Gasteiger partial charge in [-0.15, -0.1) is 0 Å². The largest absolute Gasteiger partial charge is 0.492 e. The summed E-state index contributed by atoms with van der Waals surface area (Å²) in [5.74, 6) is -0.801. The van der Waals surface area contributed by atoms with Gasteiger partial charge in [0, 0.05) is 4.47 Å². The van der Waals surface area contributed by atoms with Gasteiger partial charge in [-0.05, 0) is 59.3 Å². The fourth-order valence-electron chi connectivity index (χ4n) is 2.13. The maximum atomic E-state index is 13.0. The van der Waals surface area contributed by atoms with Gasteiger partial charge in [0.25, 0.3) is 5.91 Å². The second-order valence-corrected chi connectivity index (χ2v) is 7.70. The van der Waals surface area contributed by atoms with Crippen molar-refractivity contribution in [2.45, 2.75) is 18.0 Å². The van der Waals surface area contributed by atoms with Gasteiger partial charge in [0.15, 0.2) is 0 Å². The van der Waals surface area contributed by atoms with Gasteiger partial charge in [-0.1, -0.05) is 0 Å². The molecule has 2 aromatic carbocycles. The summed E-state index contributed by atoms with van der Waals surface area (Å²) in [6.07, 6.45) is -4.61. The standard InChI is InChI=1S/C16H14BrF3N2O4S/c1-2-26-14-6-3-9(16(18,19)20)7-13(14)22-15(23)11-8-10(27(21,24)25)4-5-12(11)17/h3-8H,2H2,1H3,(H,22,23)(H2,21,24,25). The zero-order valence-corrected chi connectivity index (χ0v) is 16.2. The predicted octanol–water partition coefficient (Wildman–Crippen LogP) is 3.77. The molecular formula is C16H14BrF3N2O4S. The van der Waals surface area contributed by atoms with Crippen LogP contribution < -0.4 is 15.2 Å². The minimum atomic E-state index is -4.61. The molecule has 3 N–H and O–H groups in total. The first-order valence-electron chi connectivity index (χ1n) is 7.41. The number of hydrogen-bond acceptors (Lipinski definition) is 4. The van der Waals surface area contributed by atoms with Crippen molar-refractivity contribution < 1.29 is 31.1 Å². The van der Waals surface area contributed by atoms with Crippen LogP contribution in [0.25, 0.3) is 0 Å². The van der Waals surface area contributed by atoms with Crippen LogP contribution in [0.3, 0.4) is 0 Å². The molecule has 0 radical (unpaired) electrons. The summed E-state index contributed by atoms with van der Waals surface area (Å²) in [7, 11) is -4.07. The van der Waals surface area contributed by atoms with E-state index in [-0.39, 0.29) is 33.0 Å². The van der Waals surface area contributed by atoms with E-state index in [0.717, 1.165) is 24.3 Å². The highest BCUT2D eigenvalue weighted by atomic mass is 79.9. The smallest absolute Gasteiger partial charge is 0.416 e. The minimum Gasteiger partial charge on any atom is -0.492 e. The Balaban J connectivity index is 2.45. The normalized spacial score (nSPS) is 11.9. The maximum absolute atomic E-state index is 13.0. The van der Waals surface area contributed by atoms with Crippen molar-refractivity contribution in [3.05, 3.63) is 52.0 Å². The summed E-state index contributed by atoms with van der Waals surface area (Å²) in [5, 5.41) is 7.35. The summed E-state index contributed by atoms with van der Waals surface area (Å²) in [4.78, 5) is 12.2. The molecule has 0 aliphatic carbocycles. The van der Waals surface area contributed by atoms with Crippen molar-refractivity contribution in [3.63, 3.8) is 0 Å². The first-order valence-corrected chi connectivity index (χ1v) is 9.75. The Morgan fingerprint density at radius 2 is 1.89 bits per heavy atom. The number of anilines is 1. The Kier molecular flexibility index (Phi) is 6.17. The van der Waals surface area contributed by atoms with Gasteiger partial charge in [-0.25, -0.2) is 13.6 Å². The summed E-state index contributed by atoms with van der Waals surface area (Å²) < 4.78 is 67.2. The molecule has 2 rings (SSSR count). The van der Waals surface area contributed by atoms with E-state index in [2.05, 4.69) is 21.2 Å². The third kappa shape index (κ3) is 5.21. The number of carbonyl (C=O) groups is 1. The lowest BCUT2D eigenvalue weighted by atomic mass is 10.1. The van der Waals surface area contributed by atoms with Gasteiger partial charge in [-0.3, -0.25) is 4.79 Å². The molecule has 27 heavy (non-hydrogen) atoms. The van der Waals surface area contributed by atoms with Crippen molar-refractivity contribution in [1.29, 1.82) is 0 Å². The highest BCUT2D eigenvalue weighted by Crippen LogP contribution is 2.35. The van der Waals surface area contributed by atoms with Crippen LogP contribution in [0.5, 0.6) is 5.75 Å². The molecule has 11 heteroatoms. The van der Waals surface area contributed by atoms with Crippen LogP contribution in [0.4, 0.5) is 18.9 Å². The molecule has 0 fully saturated rings. The van der Waals surface area contributed by atoms with Crippen LogP contribution in [0.1, 0.15) is 22.8 Å². The number of hydrogen-bond donors (Lipinski definition) is 2. The number of carbonyl (C=O) groups excluding carboxylic acids is 1. The van der Waals surface area contributed by atoms with E-state index in [1.165, 1.54) is 12.1 Å². The molecule has 1 amide bonds. The number of primary sulfonamides is 1. The highest BCUT2D eigenvalue weighted by molar-refractivity contribution is 9.10. The molecule has 146 valence electrons. The molecular weight excluding hydrogens is 453 g/mol. The molecule has 0 bridgehead atoms. The van der Waals surface area contributed by atoms with Crippen LogP contribution >= 0.6 is 15.9 Å². The number of ether oxygens (including phenoxy) is 1. The van der Waals surface area contributed by atoms with E-state index in [9.17, 15) is 26.4 Å². The summed E-state index contributed by atoms with van der Waals surface area (Å²) in [5.41, 5.74) is -1.30. The predicted molar refractivity (Wildman–Crippen MR) is 96.1 cm³/mol. The maximum Gasteiger partial charge on any atom is 0.416 e. The highest BCUT2D eigenvalue weighted by Gasteiger charge is 2.31. The van der Waals surface area contributed by atoms with Gasteiger partial charge < -0.3 is 10.1 Å². The van der Waals surface area contributed by atoms with Gasteiger partial charge in [0.2, 0.25) is 10.0 Å². The number of halogens is 4. The van der Waals surface area contributed by atoms with Gasteiger partial charge >= 0.3 is 6.18 Å². The van der Waals surface area contributed by atoms with Gasteiger partial charge in [-0.2, -0.15) is 13.2 Å². The van der Waals surface area contributed by atoms with E-state index in [1.54, 1.807) is 6.92 Å².